The van der Waals surface area contributed by atoms with Crippen LogP contribution in [0.15, 0.2) is 73.1 Å². The zero-order valence-electron chi connectivity index (χ0n) is 12.4. The molecule has 2 aromatic carbocycles. The predicted octanol–water partition coefficient (Wildman–Crippen LogP) is 4.33. The standard InChI is InChI=1S/C19H15ClN2O/c20-18-9-7-16(8-10-18)15-3-5-17(6-4-15)19(23)22-13-14-2-1-11-21-12-14/h1-12H,13H2,(H,22,23). The highest BCUT2D eigenvalue weighted by Gasteiger charge is 2.06. The summed E-state index contributed by atoms with van der Waals surface area (Å²) >= 11 is 5.89. The molecule has 0 aliphatic rings. The number of nitrogens with one attached hydrogen (secondary N) is 1. The molecule has 3 rings (SSSR count). The van der Waals surface area contributed by atoms with Gasteiger partial charge in [0.2, 0.25) is 0 Å². The smallest absolute Gasteiger partial charge is 0.251 e. The van der Waals surface area contributed by atoms with E-state index in [1.165, 1.54) is 0 Å². The van der Waals surface area contributed by atoms with Crippen molar-refractivity contribution in [2.75, 3.05) is 0 Å². The van der Waals surface area contributed by atoms with Gasteiger partial charge >= 0.3 is 0 Å². The van der Waals surface area contributed by atoms with Crippen molar-refractivity contribution in [1.82, 2.24) is 10.3 Å². The minimum Gasteiger partial charge on any atom is -0.348 e. The van der Waals surface area contributed by atoms with Gasteiger partial charge in [-0.1, -0.05) is 41.9 Å². The fourth-order valence-corrected chi connectivity index (χ4v) is 2.37. The summed E-state index contributed by atoms with van der Waals surface area (Å²) in [5.41, 5.74) is 3.72. The normalized spacial score (nSPS) is 10.3. The molecule has 0 aliphatic carbocycles. The molecular formula is C19H15ClN2O. The molecule has 0 atom stereocenters. The van der Waals surface area contributed by atoms with Crippen molar-refractivity contribution >= 4 is 17.5 Å². The third-order valence-electron chi connectivity index (χ3n) is 3.50. The van der Waals surface area contributed by atoms with Gasteiger partial charge in [-0.15, -0.1) is 0 Å². The van der Waals surface area contributed by atoms with Gasteiger partial charge in [0.1, 0.15) is 0 Å². The Kier molecular flexibility index (Phi) is 4.69. The van der Waals surface area contributed by atoms with Crippen LogP contribution in [-0.4, -0.2) is 10.9 Å². The van der Waals surface area contributed by atoms with E-state index in [4.69, 9.17) is 11.6 Å². The highest BCUT2D eigenvalue weighted by Crippen LogP contribution is 2.21. The second-order valence-electron chi connectivity index (χ2n) is 5.13. The van der Waals surface area contributed by atoms with E-state index in [-0.39, 0.29) is 5.91 Å². The van der Waals surface area contributed by atoms with E-state index in [9.17, 15) is 4.79 Å². The van der Waals surface area contributed by atoms with Gasteiger partial charge in [-0.05, 0) is 47.0 Å². The van der Waals surface area contributed by atoms with E-state index in [1.54, 1.807) is 12.4 Å². The van der Waals surface area contributed by atoms with Crippen molar-refractivity contribution < 1.29 is 4.79 Å². The molecule has 114 valence electrons. The lowest BCUT2D eigenvalue weighted by Crippen LogP contribution is -2.22. The minimum atomic E-state index is -0.100. The topological polar surface area (TPSA) is 42.0 Å². The minimum absolute atomic E-state index is 0.100. The maximum atomic E-state index is 12.2. The Bertz CT molecular complexity index is 784. The van der Waals surface area contributed by atoms with Crippen LogP contribution < -0.4 is 5.32 Å². The predicted molar refractivity (Wildman–Crippen MR) is 92.3 cm³/mol. The second kappa shape index (κ2) is 7.07. The first-order valence-electron chi connectivity index (χ1n) is 7.25. The van der Waals surface area contributed by atoms with Crippen molar-refractivity contribution in [2.45, 2.75) is 6.54 Å². The maximum Gasteiger partial charge on any atom is 0.251 e. The van der Waals surface area contributed by atoms with Gasteiger partial charge in [-0.3, -0.25) is 9.78 Å². The molecule has 0 saturated heterocycles. The van der Waals surface area contributed by atoms with E-state index >= 15 is 0 Å². The number of pyridine rings is 1. The first-order valence-corrected chi connectivity index (χ1v) is 7.63. The molecule has 3 nitrogen and oxygen atoms in total. The Morgan fingerprint density at radius 3 is 2.22 bits per heavy atom. The first-order chi connectivity index (χ1) is 11.2. The van der Waals surface area contributed by atoms with Gasteiger partial charge in [0.25, 0.3) is 5.91 Å². The Balaban J connectivity index is 1.67. The average molecular weight is 323 g/mol. The Labute approximate surface area is 140 Å². The lowest BCUT2D eigenvalue weighted by atomic mass is 10.0. The molecule has 1 heterocycles. The number of halogens is 1. The largest absolute Gasteiger partial charge is 0.348 e. The molecule has 0 radical (unpaired) electrons. The number of rotatable bonds is 4. The quantitative estimate of drug-likeness (QED) is 0.776. The van der Waals surface area contributed by atoms with Gasteiger partial charge in [0.15, 0.2) is 0 Å². The Hall–Kier alpha value is -2.65. The molecule has 3 aromatic rings. The number of hydrogen-bond donors (Lipinski definition) is 1. The van der Waals surface area contributed by atoms with E-state index in [1.807, 2.05) is 60.7 Å². The first kappa shape index (κ1) is 15.3. The third kappa shape index (κ3) is 3.96. The van der Waals surface area contributed by atoms with Crippen molar-refractivity contribution in [2.24, 2.45) is 0 Å². The summed E-state index contributed by atoms with van der Waals surface area (Å²) in [5, 5.41) is 3.59. The number of aromatic nitrogens is 1. The van der Waals surface area contributed by atoms with Crippen LogP contribution in [0.5, 0.6) is 0 Å². The van der Waals surface area contributed by atoms with Crippen LogP contribution >= 0.6 is 11.6 Å². The molecular weight excluding hydrogens is 308 g/mol. The second-order valence-corrected chi connectivity index (χ2v) is 5.56. The van der Waals surface area contributed by atoms with Crippen LogP contribution in [0.3, 0.4) is 0 Å². The number of hydrogen-bond acceptors (Lipinski definition) is 2. The van der Waals surface area contributed by atoms with E-state index in [0.29, 0.717) is 17.1 Å². The summed E-state index contributed by atoms with van der Waals surface area (Å²) in [6.07, 6.45) is 3.45. The van der Waals surface area contributed by atoms with Crippen LogP contribution in [0.25, 0.3) is 11.1 Å². The van der Waals surface area contributed by atoms with Crippen LogP contribution in [0.4, 0.5) is 0 Å². The van der Waals surface area contributed by atoms with Crippen molar-refractivity contribution in [3.63, 3.8) is 0 Å². The molecule has 1 aromatic heterocycles. The van der Waals surface area contributed by atoms with Crippen molar-refractivity contribution in [3.05, 3.63) is 89.2 Å². The lowest BCUT2D eigenvalue weighted by Gasteiger charge is -2.07. The third-order valence-corrected chi connectivity index (χ3v) is 3.75. The summed E-state index contributed by atoms with van der Waals surface area (Å²) in [7, 11) is 0. The fraction of sp³-hybridized carbons (Fsp3) is 0.0526. The summed E-state index contributed by atoms with van der Waals surface area (Å²) in [6, 6.07) is 18.9. The van der Waals surface area contributed by atoms with E-state index in [0.717, 1.165) is 16.7 Å². The highest BCUT2D eigenvalue weighted by atomic mass is 35.5. The number of carbonyl (C=O) groups is 1. The van der Waals surface area contributed by atoms with Crippen LogP contribution in [0.1, 0.15) is 15.9 Å². The van der Waals surface area contributed by atoms with Gasteiger partial charge < -0.3 is 5.32 Å². The zero-order chi connectivity index (χ0) is 16.1. The van der Waals surface area contributed by atoms with E-state index < -0.39 is 0 Å². The maximum absolute atomic E-state index is 12.2. The van der Waals surface area contributed by atoms with Crippen LogP contribution in [0.2, 0.25) is 5.02 Å². The van der Waals surface area contributed by atoms with Crippen molar-refractivity contribution in [1.29, 1.82) is 0 Å². The SMILES string of the molecule is O=C(NCc1cccnc1)c1ccc(-c2ccc(Cl)cc2)cc1. The Morgan fingerprint density at radius 1 is 0.957 bits per heavy atom. The summed E-state index contributed by atoms with van der Waals surface area (Å²) in [5.74, 6) is -0.100. The number of carbonyl (C=O) groups excluding carboxylic acids is 1. The molecule has 1 N–H and O–H groups in total. The highest BCUT2D eigenvalue weighted by molar-refractivity contribution is 6.30. The average Bonchev–Trinajstić information content (AvgIpc) is 2.61. The molecule has 0 spiro atoms. The Morgan fingerprint density at radius 2 is 1.61 bits per heavy atom. The monoisotopic (exact) mass is 322 g/mol. The number of nitrogens with zero attached hydrogens (tertiary/aromatic N) is 1. The number of benzene rings is 2. The molecule has 0 saturated carbocycles. The molecule has 1 amide bonds. The molecule has 0 aliphatic heterocycles. The van der Waals surface area contributed by atoms with Gasteiger partial charge in [0.05, 0.1) is 0 Å². The summed E-state index contributed by atoms with van der Waals surface area (Å²) in [6.45, 7) is 0.464. The zero-order valence-corrected chi connectivity index (χ0v) is 13.1. The molecule has 0 unspecified atom stereocenters. The summed E-state index contributed by atoms with van der Waals surface area (Å²) < 4.78 is 0. The molecule has 4 heteroatoms. The van der Waals surface area contributed by atoms with Crippen LogP contribution in [0, 0.1) is 0 Å². The van der Waals surface area contributed by atoms with E-state index in [2.05, 4.69) is 10.3 Å². The molecule has 23 heavy (non-hydrogen) atoms. The lowest BCUT2D eigenvalue weighted by molar-refractivity contribution is 0.0951. The van der Waals surface area contributed by atoms with Gasteiger partial charge in [-0.2, -0.15) is 0 Å². The van der Waals surface area contributed by atoms with Gasteiger partial charge in [-0.25, -0.2) is 0 Å². The summed E-state index contributed by atoms with van der Waals surface area (Å²) in [4.78, 5) is 16.2. The van der Waals surface area contributed by atoms with Crippen molar-refractivity contribution in [3.8, 4) is 11.1 Å². The van der Waals surface area contributed by atoms with Crippen LogP contribution in [-0.2, 0) is 6.54 Å². The molecule has 0 fully saturated rings. The number of amides is 1. The molecule has 0 bridgehead atoms. The fourth-order valence-electron chi connectivity index (χ4n) is 2.24. The van der Waals surface area contributed by atoms with Gasteiger partial charge in [0, 0.05) is 29.5 Å².